The third kappa shape index (κ3) is 4.83. The van der Waals surface area contributed by atoms with Crippen molar-refractivity contribution in [1.29, 1.82) is 0 Å². The second kappa shape index (κ2) is 9.98. The highest BCUT2D eigenvalue weighted by Crippen LogP contribution is 2.31. The van der Waals surface area contributed by atoms with Gasteiger partial charge in [0.25, 0.3) is 0 Å². The summed E-state index contributed by atoms with van der Waals surface area (Å²) < 4.78 is 12.5. The molecule has 0 bridgehead atoms. The summed E-state index contributed by atoms with van der Waals surface area (Å²) in [4.78, 5) is 12.3. The molecule has 1 aromatic heterocycles. The highest BCUT2D eigenvalue weighted by Gasteiger charge is 2.21. The molecule has 1 heterocycles. The predicted molar refractivity (Wildman–Crippen MR) is 118 cm³/mol. The van der Waals surface area contributed by atoms with Crippen molar-refractivity contribution in [2.75, 3.05) is 20.8 Å². The monoisotopic (exact) mass is 424 g/mol. The molecule has 3 aromatic rings. The topological polar surface area (TPSA) is 78.3 Å². The Morgan fingerprint density at radius 1 is 1.10 bits per heavy atom. The third-order valence-electron chi connectivity index (χ3n) is 4.38. The van der Waals surface area contributed by atoms with Crippen LogP contribution in [-0.2, 0) is 4.79 Å². The number of hydrogen-bond acceptors (Lipinski definition) is 6. The number of ether oxygens (including phenoxy) is 2. The average molecular weight is 425 g/mol. The van der Waals surface area contributed by atoms with E-state index in [1.807, 2.05) is 60.0 Å². The SMILES string of the molecule is C=CCNC(=O)[C@@H](C)Sc1nnc(-c2ccc(OC)cc2)n1-c1ccc(OC)cc1. The van der Waals surface area contributed by atoms with Crippen molar-refractivity contribution in [2.24, 2.45) is 0 Å². The van der Waals surface area contributed by atoms with Crippen LogP contribution in [0.4, 0.5) is 0 Å². The molecule has 8 heteroatoms. The van der Waals surface area contributed by atoms with Crippen molar-refractivity contribution in [3.05, 3.63) is 61.2 Å². The molecule has 30 heavy (non-hydrogen) atoms. The number of carbonyl (C=O) groups is 1. The van der Waals surface area contributed by atoms with E-state index < -0.39 is 0 Å². The van der Waals surface area contributed by atoms with Crippen LogP contribution in [0.25, 0.3) is 17.1 Å². The van der Waals surface area contributed by atoms with Crippen molar-refractivity contribution < 1.29 is 14.3 Å². The van der Waals surface area contributed by atoms with Crippen molar-refractivity contribution in [3.8, 4) is 28.6 Å². The third-order valence-corrected chi connectivity index (χ3v) is 5.43. The molecule has 2 aromatic carbocycles. The van der Waals surface area contributed by atoms with Gasteiger partial charge >= 0.3 is 0 Å². The maximum Gasteiger partial charge on any atom is 0.233 e. The average Bonchev–Trinajstić information content (AvgIpc) is 3.20. The Morgan fingerprint density at radius 3 is 2.27 bits per heavy atom. The summed E-state index contributed by atoms with van der Waals surface area (Å²) in [5.74, 6) is 2.10. The van der Waals surface area contributed by atoms with Crippen LogP contribution in [0.2, 0.25) is 0 Å². The second-order valence-electron chi connectivity index (χ2n) is 6.36. The first-order valence-electron chi connectivity index (χ1n) is 9.37. The number of methoxy groups -OCH3 is 2. The van der Waals surface area contributed by atoms with Gasteiger partial charge in [-0.1, -0.05) is 17.8 Å². The van der Waals surface area contributed by atoms with E-state index >= 15 is 0 Å². The summed E-state index contributed by atoms with van der Waals surface area (Å²) in [6, 6.07) is 15.2. The van der Waals surface area contributed by atoms with Crippen LogP contribution >= 0.6 is 11.8 Å². The molecule has 0 fully saturated rings. The lowest BCUT2D eigenvalue weighted by molar-refractivity contribution is -0.120. The molecule has 0 spiro atoms. The lowest BCUT2D eigenvalue weighted by atomic mass is 10.2. The minimum atomic E-state index is -0.352. The number of aromatic nitrogens is 3. The van der Waals surface area contributed by atoms with Gasteiger partial charge in [-0.15, -0.1) is 16.8 Å². The van der Waals surface area contributed by atoms with Gasteiger partial charge < -0.3 is 14.8 Å². The second-order valence-corrected chi connectivity index (χ2v) is 7.67. The molecule has 0 aliphatic carbocycles. The van der Waals surface area contributed by atoms with Crippen molar-refractivity contribution >= 4 is 17.7 Å². The number of rotatable bonds is 9. The van der Waals surface area contributed by atoms with Gasteiger partial charge in [-0.3, -0.25) is 9.36 Å². The van der Waals surface area contributed by atoms with Gasteiger partial charge in [0, 0.05) is 17.8 Å². The molecule has 1 atom stereocenters. The fourth-order valence-corrected chi connectivity index (χ4v) is 3.66. The highest BCUT2D eigenvalue weighted by atomic mass is 32.2. The van der Waals surface area contributed by atoms with E-state index in [9.17, 15) is 4.79 Å². The summed E-state index contributed by atoms with van der Waals surface area (Å²) >= 11 is 1.34. The molecular weight excluding hydrogens is 400 g/mol. The normalized spacial score (nSPS) is 11.6. The van der Waals surface area contributed by atoms with Crippen LogP contribution in [0.3, 0.4) is 0 Å². The Hall–Kier alpha value is -3.26. The van der Waals surface area contributed by atoms with E-state index in [4.69, 9.17) is 9.47 Å². The number of nitrogens with one attached hydrogen (secondary N) is 1. The minimum absolute atomic E-state index is 0.0878. The number of carbonyl (C=O) groups excluding carboxylic acids is 1. The number of amides is 1. The fraction of sp³-hybridized carbons (Fsp3) is 0.227. The molecule has 0 radical (unpaired) electrons. The van der Waals surface area contributed by atoms with Gasteiger partial charge in [0.15, 0.2) is 11.0 Å². The zero-order valence-corrected chi connectivity index (χ0v) is 18.0. The van der Waals surface area contributed by atoms with Crippen LogP contribution in [0.1, 0.15) is 6.92 Å². The van der Waals surface area contributed by atoms with Crippen LogP contribution in [-0.4, -0.2) is 46.7 Å². The smallest absolute Gasteiger partial charge is 0.233 e. The van der Waals surface area contributed by atoms with Gasteiger partial charge in [0.05, 0.1) is 19.5 Å². The first-order valence-corrected chi connectivity index (χ1v) is 10.2. The highest BCUT2D eigenvalue weighted by molar-refractivity contribution is 8.00. The van der Waals surface area contributed by atoms with Gasteiger partial charge in [-0.25, -0.2) is 0 Å². The maximum absolute atomic E-state index is 12.3. The molecule has 0 aliphatic heterocycles. The molecule has 1 N–H and O–H groups in total. The Morgan fingerprint density at radius 2 is 1.70 bits per heavy atom. The number of benzene rings is 2. The fourth-order valence-electron chi connectivity index (χ4n) is 2.77. The van der Waals surface area contributed by atoms with Gasteiger partial charge in [0.2, 0.25) is 5.91 Å². The lowest BCUT2D eigenvalue weighted by Gasteiger charge is -2.14. The summed E-state index contributed by atoms with van der Waals surface area (Å²) in [5.41, 5.74) is 1.75. The molecule has 1 amide bonds. The molecule has 0 saturated heterocycles. The molecular formula is C22H24N4O3S. The summed E-state index contributed by atoms with van der Waals surface area (Å²) in [6.45, 7) is 5.89. The summed E-state index contributed by atoms with van der Waals surface area (Å²) in [5, 5.41) is 11.9. The van der Waals surface area contributed by atoms with Crippen molar-refractivity contribution in [2.45, 2.75) is 17.3 Å². The molecule has 3 rings (SSSR count). The van der Waals surface area contributed by atoms with E-state index in [0.29, 0.717) is 17.5 Å². The maximum atomic E-state index is 12.3. The van der Waals surface area contributed by atoms with Gasteiger partial charge in [0.1, 0.15) is 11.5 Å². The lowest BCUT2D eigenvalue weighted by Crippen LogP contribution is -2.31. The zero-order valence-electron chi connectivity index (χ0n) is 17.2. The zero-order chi connectivity index (χ0) is 21.5. The van der Waals surface area contributed by atoms with E-state index in [1.165, 1.54) is 11.8 Å². The van der Waals surface area contributed by atoms with Gasteiger partial charge in [-0.05, 0) is 55.5 Å². The Labute approximate surface area is 180 Å². The minimum Gasteiger partial charge on any atom is -0.497 e. The number of hydrogen-bond donors (Lipinski definition) is 1. The van der Waals surface area contributed by atoms with E-state index in [0.717, 1.165) is 22.7 Å². The van der Waals surface area contributed by atoms with Crippen LogP contribution in [0.15, 0.2) is 66.3 Å². The quantitative estimate of drug-likeness (QED) is 0.417. The predicted octanol–water partition coefficient (Wildman–Crippen LogP) is 3.73. The molecule has 0 aliphatic rings. The van der Waals surface area contributed by atoms with Crippen LogP contribution in [0.5, 0.6) is 11.5 Å². The van der Waals surface area contributed by atoms with E-state index in [1.54, 1.807) is 20.3 Å². The first-order chi connectivity index (χ1) is 14.6. The van der Waals surface area contributed by atoms with Crippen molar-refractivity contribution in [3.63, 3.8) is 0 Å². The van der Waals surface area contributed by atoms with E-state index in [-0.39, 0.29) is 11.2 Å². The van der Waals surface area contributed by atoms with E-state index in [2.05, 4.69) is 22.1 Å². The van der Waals surface area contributed by atoms with Crippen LogP contribution < -0.4 is 14.8 Å². The number of thioether (sulfide) groups is 1. The Balaban J connectivity index is 2.00. The largest absolute Gasteiger partial charge is 0.497 e. The molecule has 0 unspecified atom stereocenters. The number of nitrogens with zero attached hydrogens (tertiary/aromatic N) is 3. The standard InChI is InChI=1S/C22H24N4O3S/c1-5-14-23-21(27)15(2)30-22-25-24-20(16-6-10-18(28-3)11-7-16)26(22)17-8-12-19(29-4)13-9-17/h5-13,15H,1,14H2,2-4H3,(H,23,27)/t15-/m1/s1. The Kier molecular flexibility index (Phi) is 7.13. The Bertz CT molecular complexity index is 1000. The summed E-state index contributed by atoms with van der Waals surface area (Å²) in [7, 11) is 3.25. The van der Waals surface area contributed by atoms with Crippen molar-refractivity contribution in [1.82, 2.24) is 20.1 Å². The first kappa shape index (κ1) is 21.4. The summed E-state index contributed by atoms with van der Waals surface area (Å²) in [6.07, 6.45) is 1.65. The molecule has 156 valence electrons. The molecule has 0 saturated carbocycles. The van der Waals surface area contributed by atoms with Gasteiger partial charge in [-0.2, -0.15) is 0 Å². The van der Waals surface area contributed by atoms with Crippen LogP contribution in [0, 0.1) is 0 Å². The molecule has 7 nitrogen and oxygen atoms in total.